The van der Waals surface area contributed by atoms with Crippen molar-refractivity contribution in [3.8, 4) is 10.7 Å². The molecule has 6 heterocycles. The summed E-state index contributed by atoms with van der Waals surface area (Å²) >= 11 is 0.700. The molecular weight excluding hydrogens is 530 g/mol. The maximum atomic E-state index is 13.6. The zero-order valence-electron chi connectivity index (χ0n) is 20.2. The van der Waals surface area contributed by atoms with E-state index in [9.17, 15) is 17.2 Å². The standard InChI is InChI=1S/C21H26F2N8O4S2/c1-12-21(2,11-35-12)27-37(32,33)14-7-15-17(19-25-26-20(36-19)18(22)23)24-28-31(15)16(8-14)30-4-3-29-5-6-34-10-13(29)9-30/h7-8,12-13,18,27H,3-6,9-11H2,1-2H3/t12?,13-,21?/m1/s1. The fourth-order valence-electron chi connectivity index (χ4n) is 4.84. The summed E-state index contributed by atoms with van der Waals surface area (Å²) in [6.45, 7) is 8.02. The van der Waals surface area contributed by atoms with Crippen molar-refractivity contribution in [1.82, 2.24) is 34.6 Å². The van der Waals surface area contributed by atoms with Crippen molar-refractivity contribution in [3.63, 3.8) is 0 Å². The summed E-state index contributed by atoms with van der Waals surface area (Å²) in [6, 6.07) is 3.17. The van der Waals surface area contributed by atoms with Crippen LogP contribution >= 0.6 is 11.3 Å². The lowest BCUT2D eigenvalue weighted by atomic mass is 9.93. The van der Waals surface area contributed by atoms with Gasteiger partial charge in [0.05, 0.1) is 42.4 Å². The second kappa shape index (κ2) is 9.13. The summed E-state index contributed by atoms with van der Waals surface area (Å²) < 4.78 is 68.9. The Kier molecular flexibility index (Phi) is 6.15. The first-order valence-electron chi connectivity index (χ1n) is 11.9. The van der Waals surface area contributed by atoms with Crippen LogP contribution in [0.25, 0.3) is 16.2 Å². The van der Waals surface area contributed by atoms with Gasteiger partial charge >= 0.3 is 0 Å². The average molecular weight is 557 g/mol. The molecule has 3 aromatic rings. The number of ether oxygens (including phenoxy) is 2. The van der Waals surface area contributed by atoms with Gasteiger partial charge in [0.1, 0.15) is 11.3 Å². The fourth-order valence-corrected chi connectivity index (χ4v) is 7.01. The molecular formula is C21H26F2N8O4S2. The second-order valence-corrected chi connectivity index (χ2v) is 12.4. The van der Waals surface area contributed by atoms with E-state index in [1.54, 1.807) is 19.9 Å². The molecule has 0 amide bonds. The van der Waals surface area contributed by atoms with E-state index < -0.39 is 27.0 Å². The Labute approximate surface area is 215 Å². The quantitative estimate of drug-likeness (QED) is 0.473. The second-order valence-electron chi connectivity index (χ2n) is 9.72. The van der Waals surface area contributed by atoms with Crippen LogP contribution in [-0.2, 0) is 19.5 Å². The third kappa shape index (κ3) is 4.38. The van der Waals surface area contributed by atoms with Crippen molar-refractivity contribution in [2.24, 2.45) is 0 Å². The van der Waals surface area contributed by atoms with Crippen LogP contribution in [0.2, 0.25) is 0 Å². The number of morpholine rings is 1. The Morgan fingerprint density at radius 1 is 1.22 bits per heavy atom. The Hall–Kier alpha value is -2.37. The molecule has 3 aliphatic rings. The number of hydrogen-bond acceptors (Lipinski definition) is 11. The highest BCUT2D eigenvalue weighted by atomic mass is 32.2. The van der Waals surface area contributed by atoms with Gasteiger partial charge < -0.3 is 14.4 Å². The zero-order chi connectivity index (χ0) is 25.9. The number of aromatic nitrogens is 5. The highest BCUT2D eigenvalue weighted by Gasteiger charge is 2.45. The smallest absolute Gasteiger partial charge is 0.291 e. The molecule has 0 spiro atoms. The predicted octanol–water partition coefficient (Wildman–Crippen LogP) is 1.16. The molecule has 3 saturated heterocycles. The Morgan fingerprint density at radius 3 is 2.76 bits per heavy atom. The van der Waals surface area contributed by atoms with Crippen molar-refractivity contribution in [1.29, 1.82) is 0 Å². The zero-order valence-corrected chi connectivity index (χ0v) is 21.8. The normalized spacial score (nSPS) is 27.0. The number of rotatable bonds is 6. The van der Waals surface area contributed by atoms with Crippen LogP contribution in [-0.4, -0.2) is 102 Å². The molecule has 16 heteroatoms. The summed E-state index contributed by atoms with van der Waals surface area (Å²) in [6.07, 6.45) is -3.06. The number of nitrogens with zero attached hydrogens (tertiary/aromatic N) is 7. The van der Waals surface area contributed by atoms with Gasteiger partial charge in [0.2, 0.25) is 10.0 Å². The van der Waals surface area contributed by atoms with Crippen LogP contribution in [0.4, 0.5) is 14.6 Å². The SMILES string of the molecule is CC1OCC1(C)NS(=O)(=O)c1cc(N2CCN3CCOC[C@H]3C2)n2nnc(-c3nnc(C(F)F)s3)c2c1. The predicted molar refractivity (Wildman–Crippen MR) is 129 cm³/mol. The van der Waals surface area contributed by atoms with E-state index in [0.29, 0.717) is 49.0 Å². The highest BCUT2D eigenvalue weighted by Crippen LogP contribution is 2.34. The number of hydrogen-bond donors (Lipinski definition) is 1. The Bertz CT molecular complexity index is 1430. The van der Waals surface area contributed by atoms with Gasteiger partial charge in [-0.15, -0.1) is 15.3 Å². The molecule has 3 fully saturated rings. The van der Waals surface area contributed by atoms with Gasteiger partial charge in [-0.1, -0.05) is 16.6 Å². The van der Waals surface area contributed by atoms with E-state index in [0.717, 1.165) is 13.1 Å². The molecule has 3 atom stereocenters. The van der Waals surface area contributed by atoms with E-state index in [4.69, 9.17) is 9.47 Å². The summed E-state index contributed by atoms with van der Waals surface area (Å²) in [7, 11) is -3.99. The summed E-state index contributed by atoms with van der Waals surface area (Å²) in [5.74, 6) is 0.531. The molecule has 37 heavy (non-hydrogen) atoms. The summed E-state index contributed by atoms with van der Waals surface area (Å²) in [4.78, 5) is 4.43. The first-order chi connectivity index (χ1) is 17.6. The van der Waals surface area contributed by atoms with Crippen LogP contribution in [0.15, 0.2) is 17.0 Å². The van der Waals surface area contributed by atoms with E-state index >= 15 is 0 Å². The fraction of sp³-hybridized carbons (Fsp3) is 0.619. The van der Waals surface area contributed by atoms with Crippen LogP contribution in [0.3, 0.4) is 0 Å². The lowest BCUT2D eigenvalue weighted by Crippen LogP contribution is -2.65. The molecule has 3 aromatic heterocycles. The molecule has 0 radical (unpaired) electrons. The molecule has 0 saturated carbocycles. The van der Waals surface area contributed by atoms with Gasteiger partial charge in [0.25, 0.3) is 6.43 Å². The number of nitrogens with one attached hydrogen (secondary N) is 1. The Balaban J connectivity index is 1.45. The summed E-state index contributed by atoms with van der Waals surface area (Å²) in [5, 5.41) is 15.6. The minimum Gasteiger partial charge on any atom is -0.378 e. The third-order valence-corrected chi connectivity index (χ3v) is 9.80. The van der Waals surface area contributed by atoms with Crippen molar-refractivity contribution in [2.45, 2.75) is 42.9 Å². The van der Waals surface area contributed by atoms with Gasteiger partial charge in [0.15, 0.2) is 15.7 Å². The molecule has 200 valence electrons. The molecule has 0 bridgehead atoms. The number of pyridine rings is 1. The molecule has 6 rings (SSSR count). The maximum Gasteiger partial charge on any atom is 0.291 e. The lowest BCUT2D eigenvalue weighted by Gasteiger charge is -2.45. The van der Waals surface area contributed by atoms with Crippen molar-refractivity contribution < 1.29 is 26.7 Å². The molecule has 0 aromatic carbocycles. The minimum atomic E-state index is -3.99. The number of fused-ring (bicyclic) bond motifs is 2. The monoisotopic (exact) mass is 556 g/mol. The molecule has 2 unspecified atom stereocenters. The van der Waals surface area contributed by atoms with Crippen LogP contribution < -0.4 is 9.62 Å². The largest absolute Gasteiger partial charge is 0.378 e. The van der Waals surface area contributed by atoms with E-state index in [2.05, 4.69) is 35.0 Å². The Morgan fingerprint density at radius 2 is 2.05 bits per heavy atom. The van der Waals surface area contributed by atoms with Gasteiger partial charge in [-0.2, -0.15) is 4.52 Å². The van der Waals surface area contributed by atoms with E-state index in [-0.39, 0.29) is 34.3 Å². The number of anilines is 1. The molecule has 12 nitrogen and oxygen atoms in total. The van der Waals surface area contributed by atoms with Gasteiger partial charge in [-0.05, 0) is 19.9 Å². The van der Waals surface area contributed by atoms with Crippen molar-refractivity contribution >= 4 is 32.7 Å². The van der Waals surface area contributed by atoms with Crippen LogP contribution in [0, 0.1) is 0 Å². The highest BCUT2D eigenvalue weighted by molar-refractivity contribution is 7.89. The minimum absolute atomic E-state index is 0.0137. The molecule has 3 aliphatic heterocycles. The van der Waals surface area contributed by atoms with Crippen LogP contribution in [0.1, 0.15) is 25.3 Å². The molecule has 0 aliphatic carbocycles. The van der Waals surface area contributed by atoms with Crippen molar-refractivity contribution in [2.75, 3.05) is 50.9 Å². The van der Waals surface area contributed by atoms with E-state index in [1.165, 1.54) is 10.6 Å². The van der Waals surface area contributed by atoms with Crippen molar-refractivity contribution in [3.05, 3.63) is 17.1 Å². The average Bonchev–Trinajstić information content (AvgIpc) is 3.54. The molecule has 1 N–H and O–H groups in total. The number of alkyl halides is 2. The number of sulfonamides is 1. The third-order valence-electron chi connectivity index (χ3n) is 7.27. The number of piperazine rings is 1. The van der Waals surface area contributed by atoms with Gasteiger partial charge in [0, 0.05) is 32.2 Å². The topological polar surface area (TPSA) is 127 Å². The first-order valence-corrected chi connectivity index (χ1v) is 14.2. The summed E-state index contributed by atoms with van der Waals surface area (Å²) in [5.41, 5.74) is -0.225. The lowest BCUT2D eigenvalue weighted by molar-refractivity contribution is -0.120. The maximum absolute atomic E-state index is 13.6. The van der Waals surface area contributed by atoms with Gasteiger partial charge in [-0.25, -0.2) is 21.9 Å². The number of halogens is 2. The van der Waals surface area contributed by atoms with E-state index in [1.807, 2.05) is 0 Å². The van der Waals surface area contributed by atoms with Crippen LogP contribution in [0.5, 0.6) is 0 Å². The first kappa shape index (κ1) is 24.9. The van der Waals surface area contributed by atoms with Gasteiger partial charge in [-0.3, -0.25) is 4.90 Å².